The minimum Gasteiger partial charge on any atom is -0.507 e. The van der Waals surface area contributed by atoms with Gasteiger partial charge in [0.1, 0.15) is 11.5 Å². The highest BCUT2D eigenvalue weighted by atomic mass is 127. The van der Waals surface area contributed by atoms with Crippen LogP contribution in [-0.2, 0) is 6.32 Å². The van der Waals surface area contributed by atoms with Crippen LogP contribution in [0.1, 0.15) is 5.56 Å². The van der Waals surface area contributed by atoms with Crippen LogP contribution in [0.15, 0.2) is 60.7 Å². The number of halogens is 1. The van der Waals surface area contributed by atoms with E-state index in [1.165, 1.54) is 0 Å². The number of phenols is 2. The van der Waals surface area contributed by atoms with Crippen molar-refractivity contribution in [3.63, 3.8) is 0 Å². The number of aromatic hydroxyl groups is 2. The summed E-state index contributed by atoms with van der Waals surface area (Å²) in [7, 11) is 5.85. The summed E-state index contributed by atoms with van der Waals surface area (Å²) in [6.07, 6.45) is 0.228. The summed E-state index contributed by atoms with van der Waals surface area (Å²) >= 11 is 2.12. The van der Waals surface area contributed by atoms with E-state index in [1.807, 2.05) is 60.7 Å². The molecule has 25 heavy (non-hydrogen) atoms. The molecule has 0 atom stereocenters. The third kappa shape index (κ3) is 2.56. The fourth-order valence-electron chi connectivity index (χ4n) is 3.36. The first-order valence-electron chi connectivity index (χ1n) is 7.96. The molecule has 0 aliphatic rings. The fraction of sp³-hybridized carbons (Fsp3) is 0.0476. The minimum atomic E-state index is 0.128. The number of phenolic OH excluding ortho intramolecular Hbond substituents is 2. The van der Waals surface area contributed by atoms with Crippen LogP contribution in [0.5, 0.6) is 11.5 Å². The van der Waals surface area contributed by atoms with Crippen LogP contribution >= 0.6 is 22.6 Å². The Bertz CT molecular complexity index is 1120. The lowest BCUT2D eigenvalue weighted by Crippen LogP contribution is -1.93. The molecular weight excluding hydrogens is 422 g/mol. The Hall–Kier alpha value is -2.21. The molecule has 0 aliphatic carbocycles. The fourth-order valence-corrected chi connectivity index (χ4v) is 3.96. The summed E-state index contributed by atoms with van der Waals surface area (Å²) in [5, 5.41) is 25.6. The molecular formula is C21H14BIO2. The number of hydrogen-bond acceptors (Lipinski definition) is 2. The van der Waals surface area contributed by atoms with Gasteiger partial charge in [-0.2, -0.15) is 0 Å². The van der Waals surface area contributed by atoms with Crippen molar-refractivity contribution in [3.05, 3.63) is 69.8 Å². The summed E-state index contributed by atoms with van der Waals surface area (Å²) in [6, 6.07) is 19.6. The standard InChI is InChI=1S/C21H14BIO2/c22-11-14-9-12-5-1-3-7-15(12)18(20(14)24)19-16-8-4-2-6-13(16)10-17(23)21(19)25/h1-10,24-25H,11H2. The molecule has 4 heteroatoms. The summed E-state index contributed by atoms with van der Waals surface area (Å²) in [4.78, 5) is 0. The highest BCUT2D eigenvalue weighted by Crippen LogP contribution is 2.47. The van der Waals surface area contributed by atoms with Crippen molar-refractivity contribution < 1.29 is 10.2 Å². The van der Waals surface area contributed by atoms with Gasteiger partial charge in [0.25, 0.3) is 0 Å². The van der Waals surface area contributed by atoms with Crippen LogP contribution in [0, 0.1) is 3.57 Å². The SMILES string of the molecule is [B]Cc1cc2ccccc2c(-c2c(O)c(I)cc3ccccc23)c1O. The average molecular weight is 436 g/mol. The Labute approximate surface area is 160 Å². The van der Waals surface area contributed by atoms with Crippen molar-refractivity contribution >= 4 is 52.0 Å². The summed E-state index contributed by atoms with van der Waals surface area (Å²) in [5.74, 6) is 0.303. The van der Waals surface area contributed by atoms with Gasteiger partial charge in [-0.3, -0.25) is 0 Å². The van der Waals surface area contributed by atoms with Gasteiger partial charge in [-0.15, -0.1) is 0 Å². The van der Waals surface area contributed by atoms with E-state index in [2.05, 4.69) is 22.6 Å². The molecule has 0 aromatic heterocycles. The molecule has 0 saturated heterocycles. The number of rotatable bonds is 2. The molecule has 0 saturated carbocycles. The van der Waals surface area contributed by atoms with Crippen molar-refractivity contribution in [2.45, 2.75) is 6.32 Å². The molecule has 4 aromatic carbocycles. The zero-order chi connectivity index (χ0) is 17.6. The third-order valence-electron chi connectivity index (χ3n) is 4.55. The third-order valence-corrected chi connectivity index (χ3v) is 5.37. The van der Waals surface area contributed by atoms with Crippen molar-refractivity contribution in [2.75, 3.05) is 0 Å². The van der Waals surface area contributed by atoms with E-state index in [0.29, 0.717) is 16.7 Å². The van der Waals surface area contributed by atoms with Gasteiger partial charge in [-0.1, -0.05) is 54.9 Å². The number of benzene rings is 4. The van der Waals surface area contributed by atoms with Crippen molar-refractivity contribution in [2.24, 2.45) is 0 Å². The Kier molecular flexibility index (Phi) is 4.08. The quantitative estimate of drug-likeness (QED) is 0.329. The molecule has 0 spiro atoms. The predicted molar refractivity (Wildman–Crippen MR) is 112 cm³/mol. The van der Waals surface area contributed by atoms with Gasteiger partial charge < -0.3 is 10.2 Å². The monoisotopic (exact) mass is 436 g/mol. The average Bonchev–Trinajstić information content (AvgIpc) is 2.63. The lowest BCUT2D eigenvalue weighted by molar-refractivity contribution is 0.466. The second-order valence-corrected chi connectivity index (χ2v) is 7.15. The van der Waals surface area contributed by atoms with Crippen LogP contribution in [-0.4, -0.2) is 18.1 Å². The molecule has 4 aromatic rings. The molecule has 0 unspecified atom stereocenters. The summed E-state index contributed by atoms with van der Waals surface area (Å²) < 4.78 is 0.743. The first-order valence-corrected chi connectivity index (χ1v) is 9.04. The van der Waals surface area contributed by atoms with E-state index < -0.39 is 0 Å². The molecule has 0 aliphatic heterocycles. The molecule has 4 rings (SSSR count). The lowest BCUT2D eigenvalue weighted by atomic mass is 9.87. The highest BCUT2D eigenvalue weighted by Gasteiger charge is 2.20. The zero-order valence-electron chi connectivity index (χ0n) is 13.3. The van der Waals surface area contributed by atoms with Crippen molar-refractivity contribution in [1.29, 1.82) is 0 Å². The van der Waals surface area contributed by atoms with Crippen LogP contribution in [0.25, 0.3) is 32.7 Å². The van der Waals surface area contributed by atoms with Gasteiger partial charge in [-0.25, -0.2) is 0 Å². The zero-order valence-corrected chi connectivity index (χ0v) is 15.5. The topological polar surface area (TPSA) is 40.5 Å². The largest absolute Gasteiger partial charge is 0.507 e. The molecule has 0 fully saturated rings. The molecule has 2 N–H and O–H groups in total. The molecule has 2 radical (unpaired) electrons. The van der Waals surface area contributed by atoms with Gasteiger partial charge in [0, 0.05) is 11.1 Å². The van der Waals surface area contributed by atoms with Gasteiger partial charge >= 0.3 is 0 Å². The summed E-state index contributed by atoms with van der Waals surface area (Å²) in [6.45, 7) is 0. The van der Waals surface area contributed by atoms with Gasteiger partial charge in [0.05, 0.1) is 11.4 Å². The van der Waals surface area contributed by atoms with E-state index >= 15 is 0 Å². The van der Waals surface area contributed by atoms with E-state index in [-0.39, 0.29) is 17.8 Å². The Morgan fingerprint density at radius 3 is 1.88 bits per heavy atom. The van der Waals surface area contributed by atoms with Gasteiger partial charge in [0.15, 0.2) is 0 Å². The maximum Gasteiger partial charge on any atom is 0.137 e. The molecule has 0 heterocycles. The molecule has 0 bridgehead atoms. The van der Waals surface area contributed by atoms with Crippen molar-refractivity contribution in [3.8, 4) is 22.6 Å². The van der Waals surface area contributed by atoms with E-state index in [9.17, 15) is 10.2 Å². The second kappa shape index (κ2) is 6.26. The van der Waals surface area contributed by atoms with Crippen LogP contribution in [0.4, 0.5) is 0 Å². The van der Waals surface area contributed by atoms with E-state index in [1.54, 1.807) is 0 Å². The van der Waals surface area contributed by atoms with Crippen LogP contribution in [0.3, 0.4) is 0 Å². The predicted octanol–water partition coefficient (Wildman–Crippen LogP) is 5.34. The summed E-state index contributed by atoms with van der Waals surface area (Å²) in [5.41, 5.74) is 1.94. The normalized spacial score (nSPS) is 11.2. The molecule has 0 amide bonds. The Balaban J connectivity index is 2.25. The maximum atomic E-state index is 10.9. The first-order chi connectivity index (χ1) is 12.1. The van der Waals surface area contributed by atoms with Gasteiger partial charge in [-0.05, 0) is 61.8 Å². The van der Waals surface area contributed by atoms with Crippen LogP contribution in [0.2, 0.25) is 0 Å². The minimum absolute atomic E-state index is 0.128. The van der Waals surface area contributed by atoms with Crippen molar-refractivity contribution in [1.82, 2.24) is 0 Å². The van der Waals surface area contributed by atoms with Crippen LogP contribution < -0.4 is 0 Å². The van der Waals surface area contributed by atoms with E-state index in [0.717, 1.165) is 25.1 Å². The lowest BCUT2D eigenvalue weighted by Gasteiger charge is -2.17. The van der Waals surface area contributed by atoms with Gasteiger partial charge in [0.2, 0.25) is 0 Å². The first kappa shape index (κ1) is 16.3. The second-order valence-electron chi connectivity index (χ2n) is 5.99. The van der Waals surface area contributed by atoms with E-state index in [4.69, 9.17) is 7.85 Å². The highest BCUT2D eigenvalue weighted by molar-refractivity contribution is 14.1. The smallest absolute Gasteiger partial charge is 0.137 e. The molecule has 2 nitrogen and oxygen atoms in total. The number of hydrogen-bond donors (Lipinski definition) is 2. The Morgan fingerprint density at radius 2 is 1.28 bits per heavy atom. The molecule has 120 valence electrons. The Morgan fingerprint density at radius 1 is 0.760 bits per heavy atom. The maximum absolute atomic E-state index is 10.9. The number of fused-ring (bicyclic) bond motifs is 2.